The third kappa shape index (κ3) is 3.61. The van der Waals surface area contributed by atoms with Crippen LogP contribution in [0.25, 0.3) is 11.4 Å². The van der Waals surface area contributed by atoms with Gasteiger partial charge in [-0.2, -0.15) is 0 Å². The number of fused-ring (bicyclic) bond motifs is 1. The van der Waals surface area contributed by atoms with Crippen LogP contribution in [0.5, 0.6) is 0 Å². The number of pyridine rings is 1. The number of amides is 1. The van der Waals surface area contributed by atoms with E-state index in [0.717, 1.165) is 36.1 Å². The van der Waals surface area contributed by atoms with Crippen molar-refractivity contribution in [2.24, 2.45) is 5.41 Å². The lowest BCUT2D eigenvalue weighted by molar-refractivity contribution is -0.122. The van der Waals surface area contributed by atoms with E-state index in [9.17, 15) is 4.79 Å². The van der Waals surface area contributed by atoms with Crippen LogP contribution in [0.3, 0.4) is 0 Å². The Morgan fingerprint density at radius 1 is 1.38 bits per heavy atom. The zero-order valence-corrected chi connectivity index (χ0v) is 14.5. The van der Waals surface area contributed by atoms with E-state index >= 15 is 0 Å². The van der Waals surface area contributed by atoms with Crippen molar-refractivity contribution < 1.29 is 4.79 Å². The predicted molar refractivity (Wildman–Crippen MR) is 93.2 cm³/mol. The highest BCUT2D eigenvalue weighted by Crippen LogP contribution is 2.40. The lowest BCUT2D eigenvalue weighted by Gasteiger charge is -2.36. The van der Waals surface area contributed by atoms with Crippen molar-refractivity contribution >= 4 is 5.91 Å². The van der Waals surface area contributed by atoms with Gasteiger partial charge in [-0.1, -0.05) is 20.8 Å². The summed E-state index contributed by atoms with van der Waals surface area (Å²) in [5.74, 6) is 0.792. The average Bonchev–Trinajstić information content (AvgIpc) is 2.54. The fourth-order valence-corrected chi connectivity index (χ4v) is 3.30. The number of rotatable bonds is 4. The summed E-state index contributed by atoms with van der Waals surface area (Å²) in [6.45, 7) is 6.46. The molecule has 1 amide bonds. The topological polar surface area (TPSA) is 67.8 Å². The van der Waals surface area contributed by atoms with Crippen molar-refractivity contribution in [3.8, 4) is 11.4 Å². The molecular formula is C19H24N4O. The molecule has 24 heavy (non-hydrogen) atoms. The summed E-state index contributed by atoms with van der Waals surface area (Å²) in [5, 5.41) is 3.16. The molecule has 0 saturated carbocycles. The van der Waals surface area contributed by atoms with Crippen LogP contribution in [0.15, 0.2) is 30.7 Å². The Bertz CT molecular complexity index is 727. The molecule has 0 aromatic carbocycles. The molecule has 1 aliphatic carbocycles. The highest BCUT2D eigenvalue weighted by atomic mass is 16.1. The van der Waals surface area contributed by atoms with E-state index in [0.29, 0.717) is 12.2 Å². The number of aromatic nitrogens is 3. The normalized spacial score (nSPS) is 18.7. The molecule has 0 unspecified atom stereocenters. The Hall–Kier alpha value is -2.30. The highest BCUT2D eigenvalue weighted by molar-refractivity contribution is 5.76. The van der Waals surface area contributed by atoms with Crippen molar-refractivity contribution in [3.05, 3.63) is 42.0 Å². The Labute approximate surface area is 143 Å². The smallest absolute Gasteiger partial charge is 0.220 e. The third-order valence-electron chi connectivity index (χ3n) is 4.41. The number of carbonyl (C=O) groups excluding carboxylic acids is 1. The molecule has 3 rings (SSSR count). The second-order valence-electron chi connectivity index (χ2n) is 7.25. The van der Waals surface area contributed by atoms with Crippen molar-refractivity contribution in [1.82, 2.24) is 20.3 Å². The van der Waals surface area contributed by atoms with Gasteiger partial charge in [-0.05, 0) is 36.8 Å². The van der Waals surface area contributed by atoms with Gasteiger partial charge >= 0.3 is 0 Å². The van der Waals surface area contributed by atoms with Gasteiger partial charge in [-0.3, -0.25) is 9.78 Å². The van der Waals surface area contributed by atoms with E-state index in [1.807, 2.05) is 25.3 Å². The van der Waals surface area contributed by atoms with E-state index in [1.165, 1.54) is 0 Å². The summed E-state index contributed by atoms with van der Waals surface area (Å²) in [6.07, 6.45) is 8.59. The van der Waals surface area contributed by atoms with Crippen molar-refractivity contribution in [1.29, 1.82) is 0 Å². The standard InChI is InChI=1S/C19H24N4O/c1-4-6-17(24)22-15-9-19(2,3)10-16-14(15)12-21-18(23-16)13-7-5-8-20-11-13/h5,7-8,11-12,15H,4,6,9-10H2,1-3H3,(H,22,24)/t15-/m1/s1. The monoisotopic (exact) mass is 324 g/mol. The minimum absolute atomic E-state index is 0.00857. The molecule has 5 nitrogen and oxygen atoms in total. The molecule has 0 saturated heterocycles. The third-order valence-corrected chi connectivity index (χ3v) is 4.41. The molecule has 1 aliphatic rings. The fraction of sp³-hybridized carbons (Fsp3) is 0.474. The molecule has 0 bridgehead atoms. The van der Waals surface area contributed by atoms with Crippen LogP contribution in [-0.4, -0.2) is 20.9 Å². The van der Waals surface area contributed by atoms with E-state index in [2.05, 4.69) is 29.1 Å². The van der Waals surface area contributed by atoms with Crippen LogP contribution in [0.4, 0.5) is 0 Å². The first-order valence-electron chi connectivity index (χ1n) is 8.54. The SMILES string of the molecule is CCCC(=O)N[C@@H]1CC(C)(C)Cc2nc(-c3cccnc3)ncc21. The van der Waals surface area contributed by atoms with Gasteiger partial charge in [-0.25, -0.2) is 9.97 Å². The van der Waals surface area contributed by atoms with Crippen molar-refractivity contribution in [2.45, 2.75) is 52.5 Å². The minimum Gasteiger partial charge on any atom is -0.349 e. The lowest BCUT2D eigenvalue weighted by Crippen LogP contribution is -2.37. The largest absolute Gasteiger partial charge is 0.349 e. The van der Waals surface area contributed by atoms with Gasteiger partial charge in [-0.15, -0.1) is 0 Å². The molecule has 1 atom stereocenters. The summed E-state index contributed by atoms with van der Waals surface area (Å²) in [6, 6.07) is 3.84. The van der Waals surface area contributed by atoms with Crippen LogP contribution in [-0.2, 0) is 11.2 Å². The quantitative estimate of drug-likeness (QED) is 0.935. The van der Waals surface area contributed by atoms with Gasteiger partial charge in [0.15, 0.2) is 5.82 Å². The maximum absolute atomic E-state index is 12.1. The molecule has 2 aromatic heterocycles. The summed E-state index contributed by atoms with van der Waals surface area (Å²) in [5.41, 5.74) is 3.08. The van der Waals surface area contributed by atoms with Gasteiger partial charge in [0.25, 0.3) is 0 Å². The molecule has 2 heterocycles. The molecule has 0 spiro atoms. The molecule has 1 N–H and O–H groups in total. The van der Waals surface area contributed by atoms with E-state index in [4.69, 9.17) is 4.98 Å². The summed E-state index contributed by atoms with van der Waals surface area (Å²) >= 11 is 0. The van der Waals surface area contributed by atoms with Crippen molar-refractivity contribution in [2.75, 3.05) is 0 Å². The second kappa shape index (κ2) is 6.67. The van der Waals surface area contributed by atoms with Crippen molar-refractivity contribution in [3.63, 3.8) is 0 Å². The van der Waals surface area contributed by atoms with Gasteiger partial charge in [0, 0.05) is 36.1 Å². The fourth-order valence-electron chi connectivity index (χ4n) is 3.30. The number of hydrogen-bond acceptors (Lipinski definition) is 4. The molecule has 5 heteroatoms. The first-order valence-corrected chi connectivity index (χ1v) is 8.54. The summed E-state index contributed by atoms with van der Waals surface area (Å²) in [7, 11) is 0. The maximum Gasteiger partial charge on any atom is 0.220 e. The summed E-state index contributed by atoms with van der Waals surface area (Å²) < 4.78 is 0. The molecule has 0 fully saturated rings. The van der Waals surface area contributed by atoms with Gasteiger partial charge in [0.2, 0.25) is 5.91 Å². The first-order chi connectivity index (χ1) is 11.5. The predicted octanol–water partition coefficient (Wildman–Crippen LogP) is 3.47. The van der Waals surface area contributed by atoms with Crippen LogP contribution in [0.1, 0.15) is 57.3 Å². The van der Waals surface area contributed by atoms with Gasteiger partial charge in [0.05, 0.1) is 11.7 Å². The molecule has 126 valence electrons. The highest BCUT2D eigenvalue weighted by Gasteiger charge is 2.34. The average molecular weight is 324 g/mol. The van der Waals surface area contributed by atoms with Crippen LogP contribution in [0.2, 0.25) is 0 Å². The Balaban J connectivity index is 1.94. The van der Waals surface area contributed by atoms with Gasteiger partial charge < -0.3 is 5.32 Å². The number of nitrogens with zero attached hydrogens (tertiary/aromatic N) is 3. The maximum atomic E-state index is 12.1. The summed E-state index contributed by atoms with van der Waals surface area (Å²) in [4.78, 5) is 25.5. The Kier molecular flexibility index (Phi) is 4.60. The zero-order valence-electron chi connectivity index (χ0n) is 14.5. The van der Waals surface area contributed by atoms with E-state index in [-0.39, 0.29) is 17.4 Å². The lowest BCUT2D eigenvalue weighted by atomic mass is 9.74. The van der Waals surface area contributed by atoms with E-state index in [1.54, 1.807) is 12.4 Å². The second-order valence-corrected chi connectivity index (χ2v) is 7.25. The first kappa shape index (κ1) is 16.6. The van der Waals surface area contributed by atoms with Crippen LogP contribution in [0, 0.1) is 5.41 Å². The number of carbonyl (C=O) groups is 1. The van der Waals surface area contributed by atoms with Gasteiger partial charge in [0.1, 0.15) is 0 Å². The van der Waals surface area contributed by atoms with Crippen LogP contribution >= 0.6 is 0 Å². The van der Waals surface area contributed by atoms with E-state index < -0.39 is 0 Å². The molecule has 0 radical (unpaired) electrons. The number of nitrogens with one attached hydrogen (secondary N) is 1. The number of hydrogen-bond donors (Lipinski definition) is 1. The Morgan fingerprint density at radius 2 is 2.21 bits per heavy atom. The molecule has 2 aromatic rings. The van der Waals surface area contributed by atoms with Crippen LogP contribution < -0.4 is 5.32 Å². The zero-order chi connectivity index (χ0) is 17.2. The minimum atomic E-state index is -0.00857. The Morgan fingerprint density at radius 3 is 2.92 bits per heavy atom. The molecular weight excluding hydrogens is 300 g/mol. The molecule has 0 aliphatic heterocycles.